The lowest BCUT2D eigenvalue weighted by molar-refractivity contribution is -0.130. The van der Waals surface area contributed by atoms with E-state index in [2.05, 4.69) is 5.32 Å². The molecule has 1 aromatic carbocycles. The van der Waals surface area contributed by atoms with Gasteiger partial charge in [-0.25, -0.2) is 4.79 Å². The van der Waals surface area contributed by atoms with Gasteiger partial charge < -0.3 is 25.0 Å². The summed E-state index contributed by atoms with van der Waals surface area (Å²) in [6.45, 7) is 4.43. The van der Waals surface area contributed by atoms with Crippen LogP contribution in [0.25, 0.3) is 0 Å². The molecule has 0 aliphatic carbocycles. The Kier molecular flexibility index (Phi) is 8.05. The molecule has 1 aromatic rings. The lowest BCUT2D eigenvalue weighted by Crippen LogP contribution is -2.49. The molecule has 0 bridgehead atoms. The minimum Gasteiger partial charge on any atom is -0.494 e. The van der Waals surface area contributed by atoms with Crippen LogP contribution in [0, 0.1) is 0 Å². The number of nitrogens with one attached hydrogen (secondary N) is 1. The van der Waals surface area contributed by atoms with Gasteiger partial charge in [-0.3, -0.25) is 4.79 Å². The van der Waals surface area contributed by atoms with Crippen molar-refractivity contribution in [3.05, 3.63) is 29.8 Å². The number of carbonyl (C=O) groups is 2. The molecule has 2 N–H and O–H groups in total. The van der Waals surface area contributed by atoms with E-state index in [9.17, 15) is 14.7 Å². The van der Waals surface area contributed by atoms with Gasteiger partial charge in [0, 0.05) is 27.2 Å². The summed E-state index contributed by atoms with van der Waals surface area (Å²) < 4.78 is 5.45. The van der Waals surface area contributed by atoms with E-state index in [1.807, 2.05) is 31.2 Å². The molecule has 0 saturated carbocycles. The number of hydrogen-bond donors (Lipinski definition) is 2. The van der Waals surface area contributed by atoms with Crippen LogP contribution in [0.4, 0.5) is 4.79 Å². The molecule has 0 fully saturated rings. The Bertz CT molecular complexity index is 548. The summed E-state index contributed by atoms with van der Waals surface area (Å²) in [5, 5.41) is 11.9. The van der Waals surface area contributed by atoms with Gasteiger partial charge in [0.2, 0.25) is 5.91 Å². The predicted octanol–water partition coefficient (Wildman–Crippen LogP) is 1.07. The van der Waals surface area contributed by atoms with E-state index < -0.39 is 12.1 Å². The number of aliphatic hydroxyl groups excluding tert-OH is 1. The second kappa shape index (κ2) is 9.77. The van der Waals surface area contributed by atoms with Crippen LogP contribution in [-0.2, 0) is 11.3 Å². The van der Waals surface area contributed by atoms with E-state index in [0.29, 0.717) is 13.2 Å². The standard InChI is InChI=1S/C17H27N3O4/c1-5-24-15-8-6-7-14(11-15)12-20(9-10-21)17(23)18-13(2)16(22)19(3)4/h6-8,11,13,21H,5,9-10,12H2,1-4H3,(H,18,23). The van der Waals surface area contributed by atoms with Crippen LogP contribution in [0.1, 0.15) is 19.4 Å². The fraction of sp³-hybridized carbons (Fsp3) is 0.529. The van der Waals surface area contributed by atoms with Gasteiger partial charge in [-0.1, -0.05) is 12.1 Å². The van der Waals surface area contributed by atoms with Crippen molar-refractivity contribution in [3.63, 3.8) is 0 Å². The molecule has 0 spiro atoms. The highest BCUT2D eigenvalue weighted by atomic mass is 16.5. The topological polar surface area (TPSA) is 82.1 Å². The number of urea groups is 1. The van der Waals surface area contributed by atoms with Crippen LogP contribution in [-0.4, -0.2) is 66.7 Å². The zero-order valence-corrected chi connectivity index (χ0v) is 14.8. The van der Waals surface area contributed by atoms with Gasteiger partial charge in [0.05, 0.1) is 13.2 Å². The summed E-state index contributed by atoms with van der Waals surface area (Å²) in [5.74, 6) is 0.543. The Morgan fingerprint density at radius 2 is 2.04 bits per heavy atom. The van der Waals surface area contributed by atoms with Crippen LogP contribution >= 0.6 is 0 Å². The zero-order chi connectivity index (χ0) is 18.1. The maximum Gasteiger partial charge on any atom is 0.318 e. The van der Waals surface area contributed by atoms with E-state index in [-0.39, 0.29) is 19.1 Å². The van der Waals surface area contributed by atoms with Crippen molar-refractivity contribution in [2.45, 2.75) is 26.4 Å². The zero-order valence-electron chi connectivity index (χ0n) is 14.8. The number of nitrogens with zero attached hydrogens (tertiary/aromatic N) is 2. The Hall–Kier alpha value is -2.28. The van der Waals surface area contributed by atoms with Gasteiger partial charge in [0.1, 0.15) is 11.8 Å². The van der Waals surface area contributed by atoms with E-state index in [1.165, 1.54) is 9.80 Å². The van der Waals surface area contributed by atoms with Gasteiger partial charge >= 0.3 is 6.03 Å². The number of amides is 3. The molecule has 7 heteroatoms. The van der Waals surface area contributed by atoms with Crippen molar-refractivity contribution in [1.82, 2.24) is 15.1 Å². The molecule has 3 amide bonds. The SMILES string of the molecule is CCOc1cccc(CN(CCO)C(=O)NC(C)C(=O)N(C)C)c1. The molecule has 0 aliphatic heterocycles. The highest BCUT2D eigenvalue weighted by Crippen LogP contribution is 2.15. The number of aliphatic hydroxyl groups is 1. The summed E-state index contributed by atoms with van der Waals surface area (Å²) in [6, 6.07) is 6.41. The van der Waals surface area contributed by atoms with Crippen molar-refractivity contribution in [2.75, 3.05) is 33.9 Å². The number of hydrogen-bond acceptors (Lipinski definition) is 4. The summed E-state index contributed by atoms with van der Waals surface area (Å²) >= 11 is 0. The smallest absolute Gasteiger partial charge is 0.318 e. The van der Waals surface area contributed by atoms with Crippen molar-refractivity contribution in [1.29, 1.82) is 0 Å². The van der Waals surface area contributed by atoms with Crippen LogP contribution in [0.5, 0.6) is 5.75 Å². The average molecular weight is 337 g/mol. The van der Waals surface area contributed by atoms with Gasteiger partial charge in [0.25, 0.3) is 0 Å². The molecular weight excluding hydrogens is 310 g/mol. The first-order chi connectivity index (χ1) is 11.4. The van der Waals surface area contributed by atoms with Crippen LogP contribution in [0.3, 0.4) is 0 Å². The third kappa shape index (κ3) is 6.08. The van der Waals surface area contributed by atoms with Gasteiger partial charge in [-0.05, 0) is 31.5 Å². The molecule has 0 aliphatic rings. The molecule has 7 nitrogen and oxygen atoms in total. The highest BCUT2D eigenvalue weighted by molar-refractivity contribution is 5.86. The van der Waals surface area contributed by atoms with Crippen molar-refractivity contribution in [3.8, 4) is 5.75 Å². The monoisotopic (exact) mass is 337 g/mol. The van der Waals surface area contributed by atoms with Crippen molar-refractivity contribution >= 4 is 11.9 Å². The number of benzene rings is 1. The van der Waals surface area contributed by atoms with E-state index in [0.717, 1.165) is 11.3 Å². The minimum atomic E-state index is -0.636. The quantitative estimate of drug-likeness (QED) is 0.743. The predicted molar refractivity (Wildman–Crippen MR) is 91.8 cm³/mol. The molecule has 0 aromatic heterocycles. The minimum absolute atomic E-state index is 0.158. The first kappa shape index (κ1) is 19.8. The molecule has 0 saturated heterocycles. The fourth-order valence-corrected chi connectivity index (χ4v) is 2.22. The highest BCUT2D eigenvalue weighted by Gasteiger charge is 2.21. The molecule has 1 unspecified atom stereocenters. The third-order valence-corrected chi connectivity index (χ3v) is 3.39. The Morgan fingerprint density at radius 1 is 1.33 bits per heavy atom. The second-order valence-corrected chi connectivity index (χ2v) is 5.63. The van der Waals surface area contributed by atoms with Gasteiger partial charge in [0.15, 0.2) is 0 Å². The summed E-state index contributed by atoms with van der Waals surface area (Å²) in [4.78, 5) is 27.1. The molecule has 0 radical (unpaired) electrons. The Morgan fingerprint density at radius 3 is 2.62 bits per heavy atom. The number of likely N-dealkylation sites (N-methyl/N-ethyl adjacent to an activating group) is 1. The number of rotatable bonds is 8. The lowest BCUT2D eigenvalue weighted by Gasteiger charge is -2.25. The largest absolute Gasteiger partial charge is 0.494 e. The number of carbonyl (C=O) groups excluding carboxylic acids is 2. The van der Waals surface area contributed by atoms with Crippen LogP contribution in [0.2, 0.25) is 0 Å². The van der Waals surface area contributed by atoms with E-state index in [1.54, 1.807) is 21.0 Å². The van der Waals surface area contributed by atoms with Crippen LogP contribution < -0.4 is 10.1 Å². The first-order valence-corrected chi connectivity index (χ1v) is 7.98. The molecule has 0 heterocycles. The summed E-state index contributed by atoms with van der Waals surface area (Å²) in [7, 11) is 3.27. The van der Waals surface area contributed by atoms with Crippen LogP contribution in [0.15, 0.2) is 24.3 Å². The molecule has 24 heavy (non-hydrogen) atoms. The normalized spacial score (nSPS) is 11.5. The molecule has 1 rings (SSSR count). The Labute approximate surface area is 143 Å². The van der Waals surface area contributed by atoms with E-state index in [4.69, 9.17) is 4.74 Å². The average Bonchev–Trinajstić information content (AvgIpc) is 2.54. The van der Waals surface area contributed by atoms with Crippen molar-refractivity contribution in [2.24, 2.45) is 0 Å². The van der Waals surface area contributed by atoms with Gasteiger partial charge in [-0.15, -0.1) is 0 Å². The lowest BCUT2D eigenvalue weighted by atomic mass is 10.2. The molecular formula is C17H27N3O4. The first-order valence-electron chi connectivity index (χ1n) is 7.98. The molecule has 134 valence electrons. The van der Waals surface area contributed by atoms with Gasteiger partial charge in [-0.2, -0.15) is 0 Å². The second-order valence-electron chi connectivity index (χ2n) is 5.63. The third-order valence-electron chi connectivity index (χ3n) is 3.39. The summed E-state index contributed by atoms with van der Waals surface area (Å²) in [5.41, 5.74) is 0.885. The maximum absolute atomic E-state index is 12.4. The Balaban J connectivity index is 2.77. The fourth-order valence-electron chi connectivity index (χ4n) is 2.22. The molecule has 1 atom stereocenters. The van der Waals surface area contributed by atoms with Crippen molar-refractivity contribution < 1.29 is 19.4 Å². The number of ether oxygens (including phenoxy) is 1. The maximum atomic E-state index is 12.4. The van der Waals surface area contributed by atoms with E-state index >= 15 is 0 Å². The summed E-state index contributed by atoms with van der Waals surface area (Å²) in [6.07, 6.45) is 0.